The van der Waals surface area contributed by atoms with E-state index in [1.165, 1.54) is 13.5 Å². The number of benzene rings is 2. The van der Waals surface area contributed by atoms with Crippen molar-refractivity contribution in [2.24, 2.45) is 0 Å². The zero-order valence-electron chi connectivity index (χ0n) is 28.4. The minimum atomic E-state index is -0.425. The number of hydrogen-bond donors (Lipinski definition) is 0. The summed E-state index contributed by atoms with van der Waals surface area (Å²) in [5.41, 5.74) is 1.84. The molecule has 1 radical (unpaired) electrons. The van der Waals surface area contributed by atoms with Crippen molar-refractivity contribution < 1.29 is 51.9 Å². The third-order valence-corrected chi connectivity index (χ3v) is 3.59. The van der Waals surface area contributed by atoms with Gasteiger partial charge < -0.3 is 22.3 Å². The maximum atomic E-state index is 11.3. The maximum Gasteiger partial charge on any atom is 0.261 e. The summed E-state index contributed by atoms with van der Waals surface area (Å²) in [6.07, 6.45) is 1.25. The summed E-state index contributed by atoms with van der Waals surface area (Å²) in [7, 11) is 1.49. The molecule has 4 amide bonds. The minimum Gasteiger partial charge on any atom is -0.587 e. The van der Waals surface area contributed by atoms with E-state index in [0.29, 0.717) is 22.3 Å². The normalized spacial score (nSPS) is 9.93. The Morgan fingerprint density at radius 1 is 0.525 bits per heavy atom. The second kappa shape index (κ2) is 39.0. The van der Waals surface area contributed by atoms with Crippen molar-refractivity contribution in [1.82, 2.24) is 4.90 Å². The Hall–Kier alpha value is -2.18. The first kappa shape index (κ1) is 54.0. The Kier molecular flexibility index (Phi) is 52.6. The molecule has 7 heteroatoms. The number of amides is 4. The summed E-state index contributed by atoms with van der Waals surface area (Å²) >= 11 is 0. The van der Waals surface area contributed by atoms with Crippen LogP contribution in [0.15, 0.2) is 48.5 Å². The molecule has 0 aliphatic carbocycles. The Bertz CT molecular complexity index is 816. The van der Waals surface area contributed by atoms with Gasteiger partial charge in [-0.3, -0.25) is 14.5 Å². The summed E-state index contributed by atoms with van der Waals surface area (Å²) in [5, 5.41) is 3.28. The van der Waals surface area contributed by atoms with Crippen LogP contribution in [-0.4, -0.2) is 35.6 Å². The molecule has 0 spiro atoms. The average Bonchev–Trinajstić information content (AvgIpc) is 3.43. The number of hydrogen-bond acceptors (Lipinski definition) is 4. The van der Waals surface area contributed by atoms with Gasteiger partial charge in [-0.2, -0.15) is 0 Å². The topological polar surface area (TPSA) is 85.6 Å². The van der Waals surface area contributed by atoms with Crippen molar-refractivity contribution in [3.8, 4) is 0 Å². The zero-order chi connectivity index (χ0) is 31.3. The van der Waals surface area contributed by atoms with Crippen LogP contribution in [0.3, 0.4) is 0 Å². The van der Waals surface area contributed by atoms with E-state index in [4.69, 9.17) is 0 Å². The van der Waals surface area contributed by atoms with Crippen LogP contribution in [0.2, 0.25) is 0 Å². The molecule has 0 atom stereocenters. The SMILES string of the molecule is CC.CC.CC.CC.CC.CC.CCC.CN1C(=O)c2ccccc2C1=O.O=C1[N-]C(=O)c2ccccc21.[CH3-].[Y]. The largest absolute Gasteiger partial charge is 0.587 e. The monoisotopic (exact) mass is 635 g/mol. The van der Waals surface area contributed by atoms with E-state index < -0.39 is 11.8 Å². The Labute approximate surface area is 273 Å². The molecule has 40 heavy (non-hydrogen) atoms. The van der Waals surface area contributed by atoms with Crippen LogP contribution in [0, 0.1) is 7.43 Å². The molecule has 0 saturated heterocycles. The van der Waals surface area contributed by atoms with Gasteiger partial charge in [0, 0.05) is 50.9 Å². The van der Waals surface area contributed by atoms with Gasteiger partial charge in [-0.1, -0.05) is 140 Å². The van der Waals surface area contributed by atoms with Gasteiger partial charge in [-0.25, -0.2) is 0 Å². The number of rotatable bonds is 0. The van der Waals surface area contributed by atoms with E-state index in [0.717, 1.165) is 4.90 Å². The molecular formula is C33H58N2O4Y-2. The molecule has 0 unspecified atom stereocenters. The van der Waals surface area contributed by atoms with Gasteiger partial charge in [-0.15, -0.1) is 0 Å². The molecule has 2 heterocycles. The van der Waals surface area contributed by atoms with E-state index >= 15 is 0 Å². The Morgan fingerprint density at radius 3 is 0.950 bits per heavy atom. The fraction of sp³-hybridized carbons (Fsp3) is 0.485. The van der Waals surface area contributed by atoms with Crippen molar-refractivity contribution in [3.63, 3.8) is 0 Å². The van der Waals surface area contributed by atoms with Crippen molar-refractivity contribution in [2.75, 3.05) is 7.05 Å². The number of nitrogens with zero attached hydrogens (tertiary/aromatic N) is 2. The molecule has 6 nitrogen and oxygen atoms in total. The fourth-order valence-electron chi connectivity index (χ4n) is 2.38. The predicted octanol–water partition coefficient (Wildman–Crippen LogP) is 10.3. The molecule has 2 aliphatic rings. The number of imide groups is 2. The third-order valence-electron chi connectivity index (χ3n) is 3.59. The van der Waals surface area contributed by atoms with Gasteiger partial charge in [0.15, 0.2) is 0 Å². The quantitative estimate of drug-likeness (QED) is 0.213. The van der Waals surface area contributed by atoms with Crippen LogP contribution in [0.1, 0.15) is 145 Å². The third kappa shape index (κ3) is 19.0. The second-order valence-corrected chi connectivity index (χ2v) is 5.69. The summed E-state index contributed by atoms with van der Waals surface area (Å²) in [6, 6.07) is 13.5. The average molecular weight is 636 g/mol. The van der Waals surface area contributed by atoms with Crippen molar-refractivity contribution in [1.29, 1.82) is 0 Å². The summed E-state index contributed by atoms with van der Waals surface area (Å²) < 4.78 is 0. The number of fused-ring (bicyclic) bond motifs is 2. The number of carbonyl (C=O) groups excluding carboxylic acids is 4. The first-order valence-electron chi connectivity index (χ1n) is 14.2. The van der Waals surface area contributed by atoms with Crippen LogP contribution < -0.4 is 0 Å². The Balaban J connectivity index is -0.0000000719. The fourth-order valence-corrected chi connectivity index (χ4v) is 2.38. The number of carbonyl (C=O) groups is 4. The summed E-state index contributed by atoms with van der Waals surface area (Å²) in [6.45, 7) is 28.2. The molecule has 229 valence electrons. The second-order valence-electron chi connectivity index (χ2n) is 5.69. The van der Waals surface area contributed by atoms with E-state index in [1.807, 2.05) is 83.1 Å². The molecule has 0 N–H and O–H groups in total. The van der Waals surface area contributed by atoms with Gasteiger partial charge in [0.2, 0.25) is 0 Å². The van der Waals surface area contributed by atoms with E-state index in [1.54, 1.807) is 48.5 Å². The molecule has 2 aromatic rings. The summed E-state index contributed by atoms with van der Waals surface area (Å²) in [4.78, 5) is 45.5. The smallest absolute Gasteiger partial charge is 0.261 e. The molecule has 2 aliphatic heterocycles. The van der Waals surface area contributed by atoms with Gasteiger partial charge in [0.1, 0.15) is 0 Å². The van der Waals surface area contributed by atoms with Crippen LogP contribution in [0.25, 0.3) is 5.32 Å². The molecule has 0 aromatic heterocycles. The van der Waals surface area contributed by atoms with Gasteiger partial charge >= 0.3 is 0 Å². The van der Waals surface area contributed by atoms with Gasteiger partial charge in [0.05, 0.1) is 22.9 Å². The molecule has 0 saturated carbocycles. The van der Waals surface area contributed by atoms with Crippen LogP contribution in [0.5, 0.6) is 0 Å². The van der Waals surface area contributed by atoms with Crippen molar-refractivity contribution >= 4 is 23.6 Å². The van der Waals surface area contributed by atoms with Crippen LogP contribution in [-0.2, 0) is 32.7 Å². The molecule has 4 rings (SSSR count). The van der Waals surface area contributed by atoms with Crippen LogP contribution in [0.4, 0.5) is 0 Å². The first-order chi connectivity index (χ1) is 18.4. The van der Waals surface area contributed by atoms with E-state index in [2.05, 4.69) is 19.2 Å². The minimum absolute atomic E-state index is 0. The van der Waals surface area contributed by atoms with E-state index in [-0.39, 0.29) is 52.0 Å². The van der Waals surface area contributed by atoms with Gasteiger partial charge in [-0.05, 0) is 12.1 Å². The first-order valence-corrected chi connectivity index (χ1v) is 14.2. The standard InChI is InChI=1S/C9H7NO2.C8H5NO2.C3H8.6C2H6.CH3.Y/c1-10-8(11)6-4-2-3-5-7(6)9(10)12;10-7-5-3-1-2-4-6(5)8(11)9-7;1-3-2;6*1-2;;/h2-5H,1H3;1-4H,(H,9,10,11);3H2,1-2H3;6*1-2H3;1H3;/q;;;;;;;;;-1;/p-1. The molecule has 2 aromatic carbocycles. The van der Waals surface area contributed by atoms with Crippen molar-refractivity contribution in [2.45, 2.75) is 103 Å². The maximum absolute atomic E-state index is 11.3. The zero-order valence-corrected chi connectivity index (χ0v) is 31.3. The predicted molar refractivity (Wildman–Crippen MR) is 172 cm³/mol. The van der Waals surface area contributed by atoms with Crippen molar-refractivity contribution in [3.05, 3.63) is 83.5 Å². The van der Waals surface area contributed by atoms with E-state index in [9.17, 15) is 19.2 Å². The molecule has 0 bridgehead atoms. The summed E-state index contributed by atoms with van der Waals surface area (Å²) in [5.74, 6) is -1.28. The van der Waals surface area contributed by atoms with Crippen LogP contribution >= 0.6 is 0 Å². The van der Waals surface area contributed by atoms with Gasteiger partial charge in [0.25, 0.3) is 11.8 Å². The Morgan fingerprint density at radius 2 is 0.725 bits per heavy atom. The molecule has 0 fully saturated rings. The molecular weight excluding hydrogens is 577 g/mol.